The molecular weight excluding hydrogens is 340 g/mol. The van der Waals surface area contributed by atoms with Gasteiger partial charge in [-0.05, 0) is 49.8 Å². The van der Waals surface area contributed by atoms with Crippen LogP contribution in [-0.4, -0.2) is 49.9 Å². The molecule has 1 aromatic rings. The summed E-state index contributed by atoms with van der Waals surface area (Å²) in [6.07, 6.45) is 3.15. The van der Waals surface area contributed by atoms with Crippen molar-refractivity contribution in [1.29, 1.82) is 0 Å². The van der Waals surface area contributed by atoms with Crippen LogP contribution in [0.2, 0.25) is 5.02 Å². The molecule has 6 heteroatoms. The Kier molecular flexibility index (Phi) is 6.57. The molecule has 3 rings (SSSR count). The van der Waals surface area contributed by atoms with Gasteiger partial charge in [0.1, 0.15) is 6.10 Å². The smallest absolute Gasteiger partial charge is 0.317 e. The highest BCUT2D eigenvalue weighted by Gasteiger charge is 2.33. The van der Waals surface area contributed by atoms with Crippen molar-refractivity contribution in [2.45, 2.75) is 38.3 Å². The number of amides is 2. The van der Waals surface area contributed by atoms with Crippen LogP contribution >= 0.6 is 11.6 Å². The second-order valence-electron chi connectivity index (χ2n) is 6.88. The van der Waals surface area contributed by atoms with Crippen LogP contribution in [0.25, 0.3) is 0 Å². The fourth-order valence-corrected chi connectivity index (χ4v) is 3.85. The van der Waals surface area contributed by atoms with Crippen LogP contribution in [0, 0.1) is 5.92 Å². The van der Waals surface area contributed by atoms with E-state index in [2.05, 4.69) is 5.32 Å². The first kappa shape index (κ1) is 18.5. The summed E-state index contributed by atoms with van der Waals surface area (Å²) >= 11 is 6.09. The summed E-state index contributed by atoms with van der Waals surface area (Å²) in [6, 6.07) is 7.62. The number of benzene rings is 1. The Morgan fingerprint density at radius 1 is 1.40 bits per heavy atom. The fourth-order valence-electron chi connectivity index (χ4n) is 3.65. The van der Waals surface area contributed by atoms with Gasteiger partial charge in [-0.25, -0.2) is 4.79 Å². The molecule has 2 aliphatic heterocycles. The Balaban J connectivity index is 1.53. The number of ether oxygens (including phenoxy) is 2. The Hall–Kier alpha value is -1.30. The summed E-state index contributed by atoms with van der Waals surface area (Å²) in [5.74, 6) is 0.565. The first-order valence-electron chi connectivity index (χ1n) is 9.14. The van der Waals surface area contributed by atoms with Gasteiger partial charge in [0.25, 0.3) is 0 Å². The lowest BCUT2D eigenvalue weighted by molar-refractivity contribution is -0.0498. The molecule has 0 aliphatic carbocycles. The molecule has 2 heterocycles. The molecule has 138 valence electrons. The van der Waals surface area contributed by atoms with Gasteiger partial charge in [0.15, 0.2) is 0 Å². The minimum Gasteiger partial charge on any atom is -0.381 e. The van der Waals surface area contributed by atoms with E-state index in [0.717, 1.165) is 31.6 Å². The van der Waals surface area contributed by atoms with Gasteiger partial charge in [-0.2, -0.15) is 0 Å². The van der Waals surface area contributed by atoms with Crippen LogP contribution in [0.3, 0.4) is 0 Å². The second-order valence-corrected chi connectivity index (χ2v) is 7.32. The standard InChI is InChI=1S/C19H27ClN2O3/c1-14-18(16-5-2-6-17(20)12-16)25-11-9-22(14)19(23)21-8-7-15-4-3-10-24-13-15/h2,5-6,12,14-15,18H,3-4,7-11,13H2,1H3,(H,21,23)/t14-,15?,18+/m1/s1. The zero-order chi connectivity index (χ0) is 17.6. The van der Waals surface area contributed by atoms with E-state index < -0.39 is 0 Å². The number of carbonyl (C=O) groups is 1. The molecule has 25 heavy (non-hydrogen) atoms. The third-order valence-electron chi connectivity index (χ3n) is 5.08. The van der Waals surface area contributed by atoms with E-state index in [1.807, 2.05) is 36.1 Å². The normalized spacial score (nSPS) is 27.1. The molecule has 2 amide bonds. The Labute approximate surface area is 154 Å². The molecule has 1 N–H and O–H groups in total. The maximum Gasteiger partial charge on any atom is 0.317 e. The van der Waals surface area contributed by atoms with Gasteiger partial charge in [-0.15, -0.1) is 0 Å². The van der Waals surface area contributed by atoms with Crippen LogP contribution < -0.4 is 5.32 Å². The minimum atomic E-state index is -0.148. The summed E-state index contributed by atoms with van der Waals surface area (Å²) < 4.78 is 11.4. The summed E-state index contributed by atoms with van der Waals surface area (Å²) in [5, 5.41) is 3.75. The van der Waals surface area contributed by atoms with Gasteiger partial charge >= 0.3 is 6.03 Å². The van der Waals surface area contributed by atoms with Gasteiger partial charge < -0.3 is 19.7 Å². The Bertz CT molecular complexity index is 578. The molecular formula is C19H27ClN2O3. The van der Waals surface area contributed by atoms with Crippen LogP contribution in [0.4, 0.5) is 4.79 Å². The van der Waals surface area contributed by atoms with Crippen molar-refractivity contribution in [3.05, 3.63) is 34.9 Å². The van der Waals surface area contributed by atoms with Crippen molar-refractivity contribution in [2.24, 2.45) is 5.92 Å². The Morgan fingerprint density at radius 2 is 2.28 bits per heavy atom. The highest BCUT2D eigenvalue weighted by Crippen LogP contribution is 2.29. The van der Waals surface area contributed by atoms with Crippen molar-refractivity contribution in [3.8, 4) is 0 Å². The van der Waals surface area contributed by atoms with Crippen molar-refractivity contribution in [1.82, 2.24) is 10.2 Å². The molecule has 0 radical (unpaired) electrons. The van der Waals surface area contributed by atoms with E-state index in [4.69, 9.17) is 21.1 Å². The first-order valence-corrected chi connectivity index (χ1v) is 9.52. The third kappa shape index (κ3) is 4.87. The molecule has 2 fully saturated rings. The number of hydrogen-bond acceptors (Lipinski definition) is 3. The topological polar surface area (TPSA) is 50.8 Å². The van der Waals surface area contributed by atoms with Gasteiger partial charge in [-0.1, -0.05) is 23.7 Å². The number of rotatable bonds is 4. The SMILES string of the molecule is C[C@@H]1[C@@H](c2cccc(Cl)c2)OCCN1C(=O)NCCC1CCCOC1. The predicted molar refractivity (Wildman–Crippen MR) is 97.9 cm³/mol. The molecule has 1 unspecified atom stereocenters. The monoisotopic (exact) mass is 366 g/mol. The first-order chi connectivity index (χ1) is 12.1. The largest absolute Gasteiger partial charge is 0.381 e. The van der Waals surface area contributed by atoms with Crippen LogP contribution in [0.5, 0.6) is 0 Å². The minimum absolute atomic E-state index is 0.0143. The number of halogens is 1. The van der Waals surface area contributed by atoms with E-state index in [9.17, 15) is 4.79 Å². The number of nitrogens with zero attached hydrogens (tertiary/aromatic N) is 1. The van der Waals surface area contributed by atoms with Crippen LogP contribution in [0.15, 0.2) is 24.3 Å². The number of carbonyl (C=O) groups excluding carboxylic acids is 1. The second kappa shape index (κ2) is 8.88. The lowest BCUT2D eigenvalue weighted by Gasteiger charge is -2.39. The zero-order valence-electron chi connectivity index (χ0n) is 14.7. The fraction of sp³-hybridized carbons (Fsp3) is 0.632. The maximum atomic E-state index is 12.6. The summed E-state index contributed by atoms with van der Waals surface area (Å²) in [7, 11) is 0. The molecule has 2 saturated heterocycles. The highest BCUT2D eigenvalue weighted by molar-refractivity contribution is 6.30. The number of hydrogen-bond donors (Lipinski definition) is 1. The highest BCUT2D eigenvalue weighted by atomic mass is 35.5. The van der Waals surface area contributed by atoms with Crippen molar-refractivity contribution in [3.63, 3.8) is 0 Å². The quantitative estimate of drug-likeness (QED) is 0.885. The van der Waals surface area contributed by atoms with Crippen LogP contribution in [-0.2, 0) is 9.47 Å². The summed E-state index contributed by atoms with van der Waals surface area (Å²) in [6.45, 7) is 5.56. The Morgan fingerprint density at radius 3 is 3.04 bits per heavy atom. The van der Waals surface area contributed by atoms with Crippen molar-refractivity contribution in [2.75, 3.05) is 32.9 Å². The van der Waals surface area contributed by atoms with Gasteiger partial charge in [0.05, 0.1) is 12.6 Å². The van der Waals surface area contributed by atoms with Gasteiger partial charge in [0, 0.05) is 31.3 Å². The van der Waals surface area contributed by atoms with Gasteiger partial charge in [-0.3, -0.25) is 0 Å². The molecule has 5 nitrogen and oxygen atoms in total. The summed E-state index contributed by atoms with van der Waals surface area (Å²) in [5.41, 5.74) is 1.01. The van der Waals surface area contributed by atoms with Gasteiger partial charge in [0.2, 0.25) is 0 Å². The average Bonchev–Trinajstić information content (AvgIpc) is 2.62. The zero-order valence-corrected chi connectivity index (χ0v) is 15.5. The van der Waals surface area contributed by atoms with E-state index in [1.54, 1.807) is 0 Å². The molecule has 0 saturated carbocycles. The molecule has 2 aliphatic rings. The average molecular weight is 367 g/mol. The molecule has 0 spiro atoms. The lowest BCUT2D eigenvalue weighted by Crippen LogP contribution is -2.52. The van der Waals surface area contributed by atoms with E-state index in [1.165, 1.54) is 6.42 Å². The number of morpholine rings is 1. The molecule has 1 aromatic carbocycles. The van der Waals surface area contributed by atoms with E-state index >= 15 is 0 Å². The predicted octanol–water partition coefficient (Wildman–Crippen LogP) is 3.63. The molecule has 0 aromatic heterocycles. The maximum absolute atomic E-state index is 12.6. The van der Waals surface area contributed by atoms with E-state index in [0.29, 0.717) is 30.6 Å². The number of urea groups is 1. The van der Waals surface area contributed by atoms with Crippen molar-refractivity contribution < 1.29 is 14.3 Å². The number of nitrogens with one attached hydrogen (secondary N) is 1. The van der Waals surface area contributed by atoms with Crippen molar-refractivity contribution >= 4 is 17.6 Å². The molecule has 0 bridgehead atoms. The summed E-state index contributed by atoms with van der Waals surface area (Å²) in [4.78, 5) is 14.5. The lowest BCUT2D eigenvalue weighted by atomic mass is 9.99. The third-order valence-corrected chi connectivity index (χ3v) is 5.32. The van der Waals surface area contributed by atoms with E-state index in [-0.39, 0.29) is 18.2 Å². The van der Waals surface area contributed by atoms with Crippen LogP contribution in [0.1, 0.15) is 37.9 Å². The molecule has 3 atom stereocenters.